The summed E-state index contributed by atoms with van der Waals surface area (Å²) in [5.74, 6) is 1.80. The molecule has 2 heterocycles. The van der Waals surface area contributed by atoms with E-state index < -0.39 is 0 Å². The highest BCUT2D eigenvalue weighted by Crippen LogP contribution is 2.35. The highest BCUT2D eigenvalue weighted by Gasteiger charge is 2.37. The van der Waals surface area contributed by atoms with E-state index in [4.69, 9.17) is 14.2 Å². The molecule has 0 saturated carbocycles. The lowest BCUT2D eigenvalue weighted by molar-refractivity contribution is -0.133. The molecule has 1 amide bonds. The number of rotatable bonds is 5. The summed E-state index contributed by atoms with van der Waals surface area (Å²) in [7, 11) is 5.26. The van der Waals surface area contributed by atoms with Crippen LogP contribution < -0.4 is 9.47 Å². The average Bonchev–Trinajstić information content (AvgIpc) is 2.80. The second kappa shape index (κ2) is 7.85. The van der Waals surface area contributed by atoms with E-state index in [2.05, 4.69) is 4.90 Å². The van der Waals surface area contributed by atoms with Crippen LogP contribution in [0.25, 0.3) is 0 Å². The molecule has 2 aliphatic rings. The van der Waals surface area contributed by atoms with Crippen LogP contribution >= 0.6 is 11.8 Å². The third-order valence-corrected chi connectivity index (χ3v) is 5.76. The molecule has 0 aromatic heterocycles. The molecule has 7 heteroatoms. The summed E-state index contributed by atoms with van der Waals surface area (Å²) in [6.07, 6.45) is 2.02. The summed E-state index contributed by atoms with van der Waals surface area (Å²) in [5.41, 5.74) is 1.08. The minimum Gasteiger partial charge on any atom is -0.496 e. The van der Waals surface area contributed by atoms with Crippen LogP contribution in [0.15, 0.2) is 17.0 Å². The van der Waals surface area contributed by atoms with Crippen molar-refractivity contribution in [2.24, 2.45) is 5.92 Å². The second-order valence-electron chi connectivity index (χ2n) is 6.55. The van der Waals surface area contributed by atoms with Crippen molar-refractivity contribution in [3.05, 3.63) is 17.7 Å². The minimum atomic E-state index is -0.101. The quantitative estimate of drug-likeness (QED) is 0.740. The Morgan fingerprint density at radius 1 is 1.20 bits per heavy atom. The number of methoxy groups -OCH3 is 2. The van der Waals surface area contributed by atoms with Gasteiger partial charge in [-0.05, 0) is 18.4 Å². The van der Waals surface area contributed by atoms with Crippen molar-refractivity contribution in [2.75, 3.05) is 53.8 Å². The Balaban J connectivity index is 1.85. The summed E-state index contributed by atoms with van der Waals surface area (Å²) in [5, 5.41) is 0. The van der Waals surface area contributed by atoms with Crippen LogP contribution in [0.1, 0.15) is 5.56 Å². The molecule has 0 N–H and O–H groups in total. The third kappa shape index (κ3) is 3.73. The van der Waals surface area contributed by atoms with Crippen LogP contribution in [0.5, 0.6) is 11.5 Å². The minimum absolute atomic E-state index is 0.0957. The largest absolute Gasteiger partial charge is 0.496 e. The lowest BCUT2D eigenvalue weighted by atomic mass is 10.1. The Morgan fingerprint density at radius 2 is 1.96 bits per heavy atom. The fraction of sp³-hybridized carbons (Fsp3) is 0.611. The standard InChI is InChI=1S/C18H26N2O4S/c1-19-14-9-20(8-13(18(19)21)10-24-11-14)7-12-5-16(23-3)17(25-4)6-15(12)22-2/h5-6,13-14H,7-11H2,1-4H3/t13-,14+/m1/s1. The van der Waals surface area contributed by atoms with Crippen LogP contribution in [0.2, 0.25) is 0 Å². The molecule has 2 bridgehead atoms. The molecule has 2 fully saturated rings. The number of fused-ring (bicyclic) bond motifs is 3. The highest BCUT2D eigenvalue weighted by atomic mass is 32.2. The third-order valence-electron chi connectivity index (χ3n) is 5.00. The van der Waals surface area contributed by atoms with Crippen LogP contribution in [0, 0.1) is 5.92 Å². The van der Waals surface area contributed by atoms with Gasteiger partial charge in [0.15, 0.2) is 0 Å². The molecule has 2 atom stereocenters. The predicted molar refractivity (Wildman–Crippen MR) is 97.5 cm³/mol. The van der Waals surface area contributed by atoms with Crippen molar-refractivity contribution in [3.8, 4) is 11.5 Å². The normalized spacial score (nSPS) is 24.2. The smallest absolute Gasteiger partial charge is 0.229 e. The molecule has 6 nitrogen and oxygen atoms in total. The van der Waals surface area contributed by atoms with Gasteiger partial charge in [-0.3, -0.25) is 9.69 Å². The Hall–Kier alpha value is -1.44. The van der Waals surface area contributed by atoms with Gasteiger partial charge in [-0.25, -0.2) is 0 Å². The van der Waals surface area contributed by atoms with Crippen molar-refractivity contribution in [1.29, 1.82) is 0 Å². The van der Waals surface area contributed by atoms with Crippen molar-refractivity contribution in [2.45, 2.75) is 17.5 Å². The van der Waals surface area contributed by atoms with Crippen LogP contribution in [-0.2, 0) is 16.1 Å². The Morgan fingerprint density at radius 3 is 2.64 bits per heavy atom. The van der Waals surface area contributed by atoms with Crippen LogP contribution in [0.4, 0.5) is 0 Å². The number of ether oxygens (including phenoxy) is 3. The summed E-state index contributed by atoms with van der Waals surface area (Å²) < 4.78 is 16.8. The predicted octanol–water partition coefficient (Wildman–Crippen LogP) is 1.71. The zero-order valence-electron chi connectivity index (χ0n) is 15.3. The van der Waals surface area contributed by atoms with E-state index >= 15 is 0 Å². The number of carbonyl (C=O) groups is 1. The van der Waals surface area contributed by atoms with E-state index in [1.54, 1.807) is 26.0 Å². The van der Waals surface area contributed by atoms with E-state index in [1.807, 2.05) is 30.3 Å². The first kappa shape index (κ1) is 18.4. The summed E-state index contributed by atoms with van der Waals surface area (Å²) in [6, 6.07) is 4.17. The highest BCUT2D eigenvalue weighted by molar-refractivity contribution is 7.98. The van der Waals surface area contributed by atoms with E-state index in [-0.39, 0.29) is 17.9 Å². The number of nitrogens with zero attached hydrogens (tertiary/aromatic N) is 2. The number of amides is 1. The van der Waals surface area contributed by atoms with Gasteiger partial charge in [0.25, 0.3) is 0 Å². The first-order valence-electron chi connectivity index (χ1n) is 8.43. The van der Waals surface area contributed by atoms with Gasteiger partial charge in [0.05, 0.1) is 44.3 Å². The molecule has 0 spiro atoms. The molecule has 2 saturated heterocycles. The molecular formula is C18H26N2O4S. The average molecular weight is 366 g/mol. The maximum absolute atomic E-state index is 12.5. The summed E-state index contributed by atoms with van der Waals surface area (Å²) >= 11 is 1.64. The number of likely N-dealkylation sites (N-methyl/N-ethyl adjacent to an activating group) is 1. The maximum Gasteiger partial charge on any atom is 0.229 e. The lowest BCUT2D eigenvalue weighted by Gasteiger charge is -2.29. The lowest BCUT2D eigenvalue weighted by Crippen LogP contribution is -2.42. The zero-order chi connectivity index (χ0) is 18.0. The van der Waals surface area contributed by atoms with E-state index in [1.165, 1.54) is 0 Å². The van der Waals surface area contributed by atoms with Gasteiger partial charge in [-0.2, -0.15) is 0 Å². The van der Waals surface area contributed by atoms with E-state index in [9.17, 15) is 4.79 Å². The van der Waals surface area contributed by atoms with E-state index in [0.29, 0.717) is 19.8 Å². The molecule has 138 valence electrons. The Kier molecular flexibility index (Phi) is 5.76. The molecule has 1 aromatic rings. The molecule has 1 aromatic carbocycles. The fourth-order valence-corrected chi connectivity index (χ4v) is 4.14. The molecular weight excluding hydrogens is 340 g/mol. The number of carbonyl (C=O) groups excluding carboxylic acids is 1. The fourth-order valence-electron chi connectivity index (χ4n) is 3.57. The number of thioether (sulfide) groups is 1. The summed E-state index contributed by atoms with van der Waals surface area (Å²) in [4.78, 5) is 17.7. The van der Waals surface area contributed by atoms with Gasteiger partial charge in [0.1, 0.15) is 11.5 Å². The van der Waals surface area contributed by atoms with Gasteiger partial charge in [0, 0.05) is 32.2 Å². The van der Waals surface area contributed by atoms with Gasteiger partial charge < -0.3 is 19.1 Å². The van der Waals surface area contributed by atoms with E-state index in [0.717, 1.165) is 35.0 Å². The monoisotopic (exact) mass is 366 g/mol. The van der Waals surface area contributed by atoms with Gasteiger partial charge in [0.2, 0.25) is 5.91 Å². The van der Waals surface area contributed by atoms with Gasteiger partial charge in [-0.1, -0.05) is 0 Å². The molecule has 0 unspecified atom stereocenters. The number of hydrogen-bond acceptors (Lipinski definition) is 6. The van der Waals surface area contributed by atoms with Crippen molar-refractivity contribution < 1.29 is 19.0 Å². The van der Waals surface area contributed by atoms with Crippen molar-refractivity contribution in [3.63, 3.8) is 0 Å². The number of benzene rings is 1. The number of hydrogen-bond donors (Lipinski definition) is 0. The maximum atomic E-state index is 12.5. The van der Waals surface area contributed by atoms with Crippen LogP contribution in [-0.4, -0.2) is 75.6 Å². The molecule has 0 radical (unpaired) electrons. The Labute approximate surface area is 153 Å². The molecule has 2 aliphatic heterocycles. The van der Waals surface area contributed by atoms with Crippen LogP contribution in [0.3, 0.4) is 0 Å². The topological polar surface area (TPSA) is 51.2 Å². The second-order valence-corrected chi connectivity index (χ2v) is 7.40. The Bertz CT molecular complexity index is 640. The van der Waals surface area contributed by atoms with Crippen molar-refractivity contribution >= 4 is 17.7 Å². The van der Waals surface area contributed by atoms with Crippen molar-refractivity contribution in [1.82, 2.24) is 9.80 Å². The first-order valence-corrected chi connectivity index (χ1v) is 9.65. The molecule has 25 heavy (non-hydrogen) atoms. The van der Waals surface area contributed by atoms with Gasteiger partial charge >= 0.3 is 0 Å². The summed E-state index contributed by atoms with van der Waals surface area (Å²) in [6.45, 7) is 3.33. The van der Waals surface area contributed by atoms with Gasteiger partial charge in [-0.15, -0.1) is 11.8 Å². The SMILES string of the molecule is COc1cc(SC)c(OC)cc1CN1C[C@@H]2COC[C@H](C1)N(C)C2=O. The molecule has 0 aliphatic carbocycles. The first-order chi connectivity index (χ1) is 12.1. The zero-order valence-corrected chi connectivity index (χ0v) is 16.1. The molecule has 3 rings (SSSR count).